The molecule has 7 heteroatoms. The van der Waals surface area contributed by atoms with Crippen molar-refractivity contribution in [3.8, 4) is 0 Å². The van der Waals surface area contributed by atoms with Crippen LogP contribution in [0.25, 0.3) is 0 Å². The number of nitrogens with two attached hydrogens (primary N) is 1. The highest BCUT2D eigenvalue weighted by molar-refractivity contribution is 7.89. The molecule has 0 aliphatic heterocycles. The van der Waals surface area contributed by atoms with Crippen LogP contribution in [0.2, 0.25) is 0 Å². The summed E-state index contributed by atoms with van der Waals surface area (Å²) < 4.78 is 26.2. The van der Waals surface area contributed by atoms with Crippen molar-refractivity contribution in [3.63, 3.8) is 0 Å². The third-order valence-corrected chi connectivity index (χ3v) is 3.91. The summed E-state index contributed by atoms with van der Waals surface area (Å²) in [5, 5.41) is 2.58. The van der Waals surface area contributed by atoms with Gasteiger partial charge in [0.1, 0.15) is 0 Å². The summed E-state index contributed by atoms with van der Waals surface area (Å²) in [4.78, 5) is 11.5. The van der Waals surface area contributed by atoms with Crippen molar-refractivity contribution >= 4 is 21.6 Å². The lowest BCUT2D eigenvalue weighted by atomic mass is 10.3. The van der Waals surface area contributed by atoms with E-state index >= 15 is 0 Å². The summed E-state index contributed by atoms with van der Waals surface area (Å²) in [6.45, 7) is 5.06. The normalized spacial score (nSPS) is 13.3. The maximum absolute atomic E-state index is 11.9. The molecular formula is C12H19N3O3S. The molecule has 0 spiro atoms. The summed E-state index contributed by atoms with van der Waals surface area (Å²) in [5.74, 6) is -0.323. The SMILES string of the molecule is CC(C)NS(=O)(=O)c1ccc(NC(=O)C(C)N)cc1. The minimum atomic E-state index is -3.51. The van der Waals surface area contributed by atoms with Crippen LogP contribution in [0.15, 0.2) is 29.2 Å². The Morgan fingerprint density at radius 3 is 2.11 bits per heavy atom. The molecule has 1 unspecified atom stereocenters. The van der Waals surface area contributed by atoms with Gasteiger partial charge in [0.2, 0.25) is 15.9 Å². The summed E-state index contributed by atoms with van der Waals surface area (Å²) >= 11 is 0. The molecule has 6 nitrogen and oxygen atoms in total. The molecule has 19 heavy (non-hydrogen) atoms. The number of carbonyl (C=O) groups excluding carboxylic acids is 1. The molecule has 106 valence electrons. The number of sulfonamides is 1. The predicted octanol–water partition coefficient (Wildman–Crippen LogP) is 0.659. The Balaban J connectivity index is 2.85. The summed E-state index contributed by atoms with van der Waals surface area (Å²) in [7, 11) is -3.51. The van der Waals surface area contributed by atoms with Gasteiger partial charge in [-0.1, -0.05) is 0 Å². The van der Waals surface area contributed by atoms with E-state index in [-0.39, 0.29) is 16.8 Å². The summed E-state index contributed by atoms with van der Waals surface area (Å²) in [6, 6.07) is 5.11. The minimum absolute atomic E-state index is 0.153. The Morgan fingerprint density at radius 2 is 1.68 bits per heavy atom. The van der Waals surface area contributed by atoms with Crippen LogP contribution in [-0.2, 0) is 14.8 Å². The molecule has 0 bridgehead atoms. The van der Waals surface area contributed by atoms with Crippen LogP contribution >= 0.6 is 0 Å². The van der Waals surface area contributed by atoms with Crippen molar-refractivity contribution < 1.29 is 13.2 Å². The molecular weight excluding hydrogens is 266 g/mol. The van der Waals surface area contributed by atoms with E-state index in [0.717, 1.165) is 0 Å². The molecule has 1 aromatic rings. The third-order valence-electron chi connectivity index (χ3n) is 2.24. The number of anilines is 1. The number of carbonyl (C=O) groups is 1. The first kappa shape index (κ1) is 15.6. The van der Waals surface area contributed by atoms with E-state index in [0.29, 0.717) is 5.69 Å². The van der Waals surface area contributed by atoms with Crippen molar-refractivity contribution in [1.29, 1.82) is 0 Å². The Hall–Kier alpha value is -1.44. The van der Waals surface area contributed by atoms with E-state index in [1.165, 1.54) is 24.3 Å². The molecule has 4 N–H and O–H groups in total. The van der Waals surface area contributed by atoms with E-state index in [1.54, 1.807) is 20.8 Å². The Labute approximate surface area is 113 Å². The van der Waals surface area contributed by atoms with Gasteiger partial charge >= 0.3 is 0 Å². The van der Waals surface area contributed by atoms with Gasteiger partial charge < -0.3 is 11.1 Å². The van der Waals surface area contributed by atoms with Crippen molar-refractivity contribution in [1.82, 2.24) is 4.72 Å². The lowest BCUT2D eigenvalue weighted by Crippen LogP contribution is -2.32. The van der Waals surface area contributed by atoms with Gasteiger partial charge in [-0.2, -0.15) is 0 Å². The van der Waals surface area contributed by atoms with Crippen LogP contribution in [0.5, 0.6) is 0 Å². The first-order chi connectivity index (χ1) is 8.72. The lowest BCUT2D eigenvalue weighted by molar-refractivity contribution is -0.117. The molecule has 1 amide bonds. The summed E-state index contributed by atoms with van der Waals surface area (Å²) in [6.07, 6.45) is 0. The third kappa shape index (κ3) is 4.62. The highest BCUT2D eigenvalue weighted by atomic mass is 32.2. The van der Waals surface area contributed by atoms with Crippen molar-refractivity contribution in [2.45, 2.75) is 37.8 Å². The van der Waals surface area contributed by atoms with Crippen molar-refractivity contribution in [2.75, 3.05) is 5.32 Å². The smallest absolute Gasteiger partial charge is 0.240 e. The largest absolute Gasteiger partial charge is 0.325 e. The van der Waals surface area contributed by atoms with E-state index in [4.69, 9.17) is 5.73 Å². The monoisotopic (exact) mass is 285 g/mol. The molecule has 0 fully saturated rings. The standard InChI is InChI=1S/C12H19N3O3S/c1-8(2)15-19(17,18)11-6-4-10(5-7-11)14-12(16)9(3)13/h4-9,15H,13H2,1-3H3,(H,14,16). The Kier molecular flexibility index (Phi) is 5.04. The fourth-order valence-corrected chi connectivity index (χ4v) is 2.60. The lowest BCUT2D eigenvalue weighted by Gasteiger charge is -2.11. The molecule has 1 aromatic carbocycles. The fourth-order valence-electron chi connectivity index (χ4n) is 1.35. The van der Waals surface area contributed by atoms with Gasteiger partial charge in [0, 0.05) is 11.7 Å². The van der Waals surface area contributed by atoms with Gasteiger partial charge in [0.15, 0.2) is 0 Å². The second-order valence-corrected chi connectivity index (χ2v) is 6.29. The number of rotatable bonds is 5. The van der Waals surface area contributed by atoms with E-state index in [9.17, 15) is 13.2 Å². The molecule has 0 saturated heterocycles. The second kappa shape index (κ2) is 6.14. The molecule has 0 aliphatic carbocycles. The zero-order valence-electron chi connectivity index (χ0n) is 11.2. The van der Waals surface area contributed by atoms with Gasteiger partial charge in [0.25, 0.3) is 0 Å². The average Bonchev–Trinajstić information content (AvgIpc) is 2.27. The van der Waals surface area contributed by atoms with E-state index in [1.807, 2.05) is 0 Å². The zero-order valence-corrected chi connectivity index (χ0v) is 12.0. The fraction of sp³-hybridized carbons (Fsp3) is 0.417. The van der Waals surface area contributed by atoms with Gasteiger partial charge in [-0.3, -0.25) is 4.79 Å². The highest BCUT2D eigenvalue weighted by Gasteiger charge is 2.15. The second-order valence-electron chi connectivity index (χ2n) is 4.58. The van der Waals surface area contributed by atoms with Crippen LogP contribution in [0.4, 0.5) is 5.69 Å². The first-order valence-corrected chi connectivity index (χ1v) is 7.39. The molecule has 1 atom stereocenters. The van der Waals surface area contributed by atoms with Crippen LogP contribution in [0.1, 0.15) is 20.8 Å². The van der Waals surface area contributed by atoms with Crippen molar-refractivity contribution in [3.05, 3.63) is 24.3 Å². The molecule has 0 aromatic heterocycles. The average molecular weight is 285 g/mol. The molecule has 0 radical (unpaired) electrons. The molecule has 0 saturated carbocycles. The molecule has 0 heterocycles. The predicted molar refractivity (Wildman–Crippen MR) is 74.2 cm³/mol. The van der Waals surface area contributed by atoms with Gasteiger partial charge in [0.05, 0.1) is 10.9 Å². The molecule has 1 rings (SSSR count). The van der Waals surface area contributed by atoms with Crippen molar-refractivity contribution in [2.24, 2.45) is 5.73 Å². The Morgan fingerprint density at radius 1 is 1.16 bits per heavy atom. The number of hydrogen-bond donors (Lipinski definition) is 3. The number of amides is 1. The first-order valence-electron chi connectivity index (χ1n) is 5.91. The van der Waals surface area contributed by atoms with E-state index in [2.05, 4.69) is 10.0 Å². The highest BCUT2D eigenvalue weighted by Crippen LogP contribution is 2.14. The van der Waals surface area contributed by atoms with Crippen LogP contribution in [0, 0.1) is 0 Å². The van der Waals surface area contributed by atoms with Crippen LogP contribution in [0.3, 0.4) is 0 Å². The minimum Gasteiger partial charge on any atom is -0.325 e. The quantitative estimate of drug-likeness (QED) is 0.739. The van der Waals surface area contributed by atoms with Crippen LogP contribution < -0.4 is 15.8 Å². The van der Waals surface area contributed by atoms with Gasteiger partial charge in [-0.15, -0.1) is 0 Å². The maximum atomic E-state index is 11.9. The number of hydrogen-bond acceptors (Lipinski definition) is 4. The van der Waals surface area contributed by atoms with Gasteiger partial charge in [-0.05, 0) is 45.0 Å². The maximum Gasteiger partial charge on any atom is 0.240 e. The Bertz CT molecular complexity index is 536. The zero-order chi connectivity index (χ0) is 14.6. The van der Waals surface area contributed by atoms with E-state index < -0.39 is 16.1 Å². The number of benzene rings is 1. The van der Waals surface area contributed by atoms with Crippen LogP contribution in [-0.4, -0.2) is 26.4 Å². The van der Waals surface area contributed by atoms with Gasteiger partial charge in [-0.25, -0.2) is 13.1 Å². The number of nitrogens with one attached hydrogen (secondary N) is 2. The summed E-state index contributed by atoms with van der Waals surface area (Å²) in [5.41, 5.74) is 5.93. The molecule has 0 aliphatic rings. The topological polar surface area (TPSA) is 101 Å².